The summed E-state index contributed by atoms with van der Waals surface area (Å²) in [6.45, 7) is 0. The highest BCUT2D eigenvalue weighted by atomic mass is 19.4. The molecule has 0 radical (unpaired) electrons. The van der Waals surface area contributed by atoms with Crippen molar-refractivity contribution in [3.63, 3.8) is 0 Å². The Labute approximate surface area is 126 Å². The minimum Gasteiger partial charge on any atom is -0.460 e. The van der Waals surface area contributed by atoms with Crippen molar-refractivity contribution in [3.8, 4) is 0 Å². The number of benzene rings is 1. The molecule has 1 fully saturated rings. The molecule has 1 aliphatic carbocycles. The Morgan fingerprint density at radius 1 is 1.14 bits per heavy atom. The Balaban J connectivity index is 1.87. The van der Waals surface area contributed by atoms with Gasteiger partial charge in [0.15, 0.2) is 0 Å². The number of hydrogen-bond donors (Lipinski definition) is 0. The topological polar surface area (TPSA) is 26.3 Å². The van der Waals surface area contributed by atoms with Gasteiger partial charge in [-0.25, -0.2) is 9.18 Å². The molecule has 2 nitrogen and oxygen atoms in total. The van der Waals surface area contributed by atoms with E-state index in [9.17, 15) is 22.4 Å². The van der Waals surface area contributed by atoms with Crippen LogP contribution in [0, 0.1) is 0 Å². The molecule has 0 aliphatic heterocycles. The third kappa shape index (κ3) is 4.71. The Morgan fingerprint density at radius 3 is 2.27 bits per heavy atom. The first-order valence-corrected chi connectivity index (χ1v) is 7.37. The van der Waals surface area contributed by atoms with E-state index in [2.05, 4.69) is 0 Å². The molecule has 0 amide bonds. The third-order valence-electron chi connectivity index (χ3n) is 3.79. The van der Waals surface area contributed by atoms with Crippen LogP contribution >= 0.6 is 0 Å². The first kappa shape index (κ1) is 16.8. The molecule has 1 aliphatic rings. The minimum absolute atomic E-state index is 0.230. The quantitative estimate of drug-likeness (QED) is 0.605. The second kappa shape index (κ2) is 7.11. The normalized spacial score (nSPS) is 18.0. The summed E-state index contributed by atoms with van der Waals surface area (Å²) in [7, 11) is 0. The molecule has 22 heavy (non-hydrogen) atoms. The zero-order valence-electron chi connectivity index (χ0n) is 12.0. The second-order valence-corrected chi connectivity index (χ2v) is 5.56. The largest absolute Gasteiger partial charge is 0.460 e. The van der Waals surface area contributed by atoms with Crippen molar-refractivity contribution >= 4 is 5.97 Å². The van der Waals surface area contributed by atoms with E-state index in [0.717, 1.165) is 44.2 Å². The Morgan fingerprint density at radius 2 is 1.73 bits per heavy atom. The molecule has 6 heteroatoms. The molecular weight excluding hydrogens is 300 g/mol. The molecular formula is C16H18F4O2. The number of alkyl halides is 4. The Kier molecular flexibility index (Phi) is 5.42. The first-order valence-electron chi connectivity index (χ1n) is 7.37. The van der Waals surface area contributed by atoms with E-state index in [1.165, 1.54) is 12.1 Å². The standard InChI is InChI=1S/C16H18F4O2/c17-14(15(21)22-13-4-2-1-3-5-13)10-11-6-8-12(9-7-11)16(18,19)20/h6-9,13-14H,1-5,10H2/t14-/m0/s1. The summed E-state index contributed by atoms with van der Waals surface area (Å²) in [6, 6.07) is 4.13. The predicted octanol–water partition coefficient (Wildman–Crippen LogP) is 4.46. The van der Waals surface area contributed by atoms with E-state index in [0.29, 0.717) is 5.56 Å². The van der Waals surface area contributed by atoms with Crippen molar-refractivity contribution in [1.82, 2.24) is 0 Å². The minimum atomic E-state index is -4.42. The number of carbonyl (C=O) groups excluding carboxylic acids is 1. The molecule has 1 atom stereocenters. The van der Waals surface area contributed by atoms with Gasteiger partial charge in [0.25, 0.3) is 0 Å². The lowest BCUT2D eigenvalue weighted by Crippen LogP contribution is -2.28. The molecule has 1 aromatic carbocycles. The van der Waals surface area contributed by atoms with Crippen LogP contribution in [0.5, 0.6) is 0 Å². The van der Waals surface area contributed by atoms with Crippen LogP contribution in [0.2, 0.25) is 0 Å². The van der Waals surface area contributed by atoms with Crippen LogP contribution in [0.3, 0.4) is 0 Å². The van der Waals surface area contributed by atoms with Crippen LogP contribution in [-0.2, 0) is 22.1 Å². The number of rotatable bonds is 4. The lowest BCUT2D eigenvalue weighted by molar-refractivity contribution is -0.156. The summed E-state index contributed by atoms with van der Waals surface area (Å²) >= 11 is 0. The van der Waals surface area contributed by atoms with Gasteiger partial charge in [0.1, 0.15) is 6.10 Å². The van der Waals surface area contributed by atoms with Gasteiger partial charge in [-0.3, -0.25) is 0 Å². The van der Waals surface area contributed by atoms with E-state index in [4.69, 9.17) is 4.74 Å². The van der Waals surface area contributed by atoms with Gasteiger partial charge in [0.2, 0.25) is 6.17 Å². The average molecular weight is 318 g/mol. The van der Waals surface area contributed by atoms with E-state index >= 15 is 0 Å². The molecule has 0 aromatic heterocycles. The maximum atomic E-state index is 13.9. The SMILES string of the molecule is O=C(OC1CCCCC1)[C@@H](F)Cc1ccc(C(F)(F)F)cc1. The summed E-state index contributed by atoms with van der Waals surface area (Å²) < 4.78 is 56.3. The zero-order chi connectivity index (χ0) is 16.2. The summed E-state index contributed by atoms with van der Waals surface area (Å²) in [5, 5.41) is 0. The fourth-order valence-electron chi connectivity index (χ4n) is 2.54. The van der Waals surface area contributed by atoms with Crippen LogP contribution in [0.25, 0.3) is 0 Å². The average Bonchev–Trinajstić information content (AvgIpc) is 2.48. The molecule has 1 saturated carbocycles. The van der Waals surface area contributed by atoms with Crippen LogP contribution in [0.4, 0.5) is 17.6 Å². The summed E-state index contributed by atoms with van der Waals surface area (Å²) in [4.78, 5) is 11.7. The number of carbonyl (C=O) groups is 1. The molecule has 0 unspecified atom stereocenters. The van der Waals surface area contributed by atoms with Crippen molar-refractivity contribution in [2.75, 3.05) is 0 Å². The number of ether oxygens (including phenoxy) is 1. The maximum absolute atomic E-state index is 13.9. The Hall–Kier alpha value is -1.59. The van der Waals surface area contributed by atoms with Crippen LogP contribution in [0.1, 0.15) is 43.2 Å². The van der Waals surface area contributed by atoms with Crippen molar-refractivity contribution in [2.24, 2.45) is 0 Å². The van der Waals surface area contributed by atoms with Gasteiger partial charge >= 0.3 is 12.1 Å². The lowest BCUT2D eigenvalue weighted by Gasteiger charge is -2.22. The fourth-order valence-corrected chi connectivity index (χ4v) is 2.54. The zero-order valence-corrected chi connectivity index (χ0v) is 12.0. The molecule has 0 heterocycles. The highest BCUT2D eigenvalue weighted by Crippen LogP contribution is 2.29. The van der Waals surface area contributed by atoms with Gasteiger partial charge in [-0.2, -0.15) is 13.2 Å². The molecule has 0 N–H and O–H groups in total. The van der Waals surface area contributed by atoms with Crippen molar-refractivity contribution < 1.29 is 27.1 Å². The van der Waals surface area contributed by atoms with E-state index in [1.54, 1.807) is 0 Å². The van der Waals surface area contributed by atoms with Crippen LogP contribution in [0.15, 0.2) is 24.3 Å². The highest BCUT2D eigenvalue weighted by Gasteiger charge is 2.30. The third-order valence-corrected chi connectivity index (χ3v) is 3.79. The van der Waals surface area contributed by atoms with Crippen LogP contribution in [-0.4, -0.2) is 18.2 Å². The van der Waals surface area contributed by atoms with Gasteiger partial charge in [0.05, 0.1) is 5.56 Å². The molecule has 0 spiro atoms. The van der Waals surface area contributed by atoms with Crippen molar-refractivity contribution in [3.05, 3.63) is 35.4 Å². The highest BCUT2D eigenvalue weighted by molar-refractivity contribution is 5.75. The summed E-state index contributed by atoms with van der Waals surface area (Å²) in [5.74, 6) is -0.924. The maximum Gasteiger partial charge on any atom is 0.416 e. The molecule has 1 aromatic rings. The monoisotopic (exact) mass is 318 g/mol. The van der Waals surface area contributed by atoms with Gasteiger partial charge < -0.3 is 4.74 Å². The molecule has 2 rings (SSSR count). The number of esters is 1. The predicted molar refractivity (Wildman–Crippen MR) is 73.0 cm³/mol. The van der Waals surface area contributed by atoms with E-state index in [1.807, 2.05) is 0 Å². The molecule has 122 valence electrons. The van der Waals surface area contributed by atoms with Gasteiger partial charge in [-0.05, 0) is 43.4 Å². The smallest absolute Gasteiger partial charge is 0.416 e. The number of hydrogen-bond acceptors (Lipinski definition) is 2. The van der Waals surface area contributed by atoms with Gasteiger partial charge in [0, 0.05) is 6.42 Å². The summed E-state index contributed by atoms with van der Waals surface area (Å²) in [5.41, 5.74) is -0.461. The second-order valence-electron chi connectivity index (χ2n) is 5.56. The van der Waals surface area contributed by atoms with E-state index in [-0.39, 0.29) is 12.5 Å². The van der Waals surface area contributed by atoms with Crippen LogP contribution < -0.4 is 0 Å². The fraction of sp³-hybridized carbons (Fsp3) is 0.562. The van der Waals surface area contributed by atoms with Gasteiger partial charge in [-0.1, -0.05) is 18.6 Å². The molecule has 0 bridgehead atoms. The summed E-state index contributed by atoms with van der Waals surface area (Å²) in [6.07, 6.45) is -2.25. The first-order chi connectivity index (χ1) is 10.4. The van der Waals surface area contributed by atoms with Gasteiger partial charge in [-0.15, -0.1) is 0 Å². The van der Waals surface area contributed by atoms with E-state index < -0.39 is 23.9 Å². The lowest BCUT2D eigenvalue weighted by atomic mass is 9.98. The molecule has 0 saturated heterocycles. The number of halogens is 4. The van der Waals surface area contributed by atoms with Crippen molar-refractivity contribution in [1.29, 1.82) is 0 Å². The van der Waals surface area contributed by atoms with Crippen molar-refractivity contribution in [2.45, 2.75) is 57.0 Å². The Bertz CT molecular complexity index is 490.